The zero-order valence-corrected chi connectivity index (χ0v) is 11.4. The van der Waals surface area contributed by atoms with Crippen molar-refractivity contribution in [3.05, 3.63) is 0 Å². The molecule has 0 aromatic rings. The number of rotatable bonds is 0. The highest BCUT2D eigenvalue weighted by Crippen LogP contribution is 2.30. The van der Waals surface area contributed by atoms with Crippen molar-refractivity contribution in [1.82, 2.24) is 0 Å². The van der Waals surface area contributed by atoms with E-state index in [4.69, 9.17) is 4.74 Å². The fourth-order valence-electron chi connectivity index (χ4n) is 2.55. The van der Waals surface area contributed by atoms with Crippen LogP contribution in [0.5, 0.6) is 0 Å². The van der Waals surface area contributed by atoms with Crippen molar-refractivity contribution in [2.75, 3.05) is 13.2 Å². The average molecular weight is 226 g/mol. The monoisotopic (exact) mass is 226 g/mol. The van der Waals surface area contributed by atoms with Crippen LogP contribution in [0.15, 0.2) is 0 Å². The number of hydrogen-bond acceptors (Lipinski definition) is 1. The maximum atomic E-state index is 5.62. The minimum Gasteiger partial charge on any atom is -0.381 e. The maximum absolute atomic E-state index is 5.62. The smallest absolute Gasteiger partial charge is 0.0466 e. The minimum atomic E-state index is 0.584. The first-order chi connectivity index (χ1) is 7.71. The van der Waals surface area contributed by atoms with Crippen LogP contribution in [0.25, 0.3) is 0 Å². The summed E-state index contributed by atoms with van der Waals surface area (Å²) in [5.41, 5.74) is 0.584. The van der Waals surface area contributed by atoms with Crippen LogP contribution in [0.3, 0.4) is 0 Å². The largest absolute Gasteiger partial charge is 0.381 e. The van der Waals surface area contributed by atoms with E-state index in [1.807, 2.05) is 0 Å². The topological polar surface area (TPSA) is 9.23 Å². The summed E-state index contributed by atoms with van der Waals surface area (Å²) in [4.78, 5) is 0. The summed E-state index contributed by atoms with van der Waals surface area (Å²) in [5.74, 6) is 0. The predicted octanol–water partition coefficient (Wildman–Crippen LogP) is 4.94. The van der Waals surface area contributed by atoms with Crippen molar-refractivity contribution in [3.63, 3.8) is 0 Å². The van der Waals surface area contributed by atoms with Gasteiger partial charge in [0.05, 0.1) is 0 Å². The van der Waals surface area contributed by atoms with E-state index in [-0.39, 0.29) is 0 Å². The molecule has 1 heterocycles. The molecule has 1 fully saturated rings. The van der Waals surface area contributed by atoms with Crippen LogP contribution in [-0.4, -0.2) is 13.2 Å². The van der Waals surface area contributed by atoms with E-state index in [9.17, 15) is 0 Å². The summed E-state index contributed by atoms with van der Waals surface area (Å²) in [5, 5.41) is 0. The van der Waals surface area contributed by atoms with Gasteiger partial charge < -0.3 is 4.74 Å². The van der Waals surface area contributed by atoms with Crippen LogP contribution in [0.1, 0.15) is 78.1 Å². The summed E-state index contributed by atoms with van der Waals surface area (Å²) in [6.07, 6.45) is 13.7. The third kappa shape index (κ3) is 7.27. The molecule has 0 radical (unpaired) electrons. The second-order valence-electron chi connectivity index (χ2n) is 6.11. The first kappa shape index (κ1) is 14.0. The molecule has 16 heavy (non-hydrogen) atoms. The van der Waals surface area contributed by atoms with E-state index in [2.05, 4.69) is 13.8 Å². The Balaban J connectivity index is 2.22. The fourth-order valence-corrected chi connectivity index (χ4v) is 2.55. The van der Waals surface area contributed by atoms with Crippen LogP contribution in [0, 0.1) is 5.41 Å². The maximum Gasteiger partial charge on any atom is 0.0466 e. The molecular formula is C15H30O. The SMILES string of the molecule is CC1(C)CCCCCCOCCCCCC1. The van der Waals surface area contributed by atoms with Gasteiger partial charge in [-0.05, 0) is 31.1 Å². The Hall–Kier alpha value is -0.0400. The Morgan fingerprint density at radius 1 is 0.625 bits per heavy atom. The highest BCUT2D eigenvalue weighted by molar-refractivity contribution is 4.68. The van der Waals surface area contributed by atoms with Crippen molar-refractivity contribution >= 4 is 0 Å². The quantitative estimate of drug-likeness (QED) is 0.568. The Bertz CT molecular complexity index is 147. The van der Waals surface area contributed by atoms with Gasteiger partial charge in [0.25, 0.3) is 0 Å². The molecule has 1 nitrogen and oxygen atoms in total. The van der Waals surface area contributed by atoms with Gasteiger partial charge in [-0.2, -0.15) is 0 Å². The van der Waals surface area contributed by atoms with Crippen LogP contribution >= 0.6 is 0 Å². The molecule has 0 saturated carbocycles. The Labute approximate surface area is 102 Å². The first-order valence-corrected chi connectivity index (χ1v) is 7.28. The molecule has 0 bridgehead atoms. The molecular weight excluding hydrogens is 196 g/mol. The van der Waals surface area contributed by atoms with E-state index in [1.54, 1.807) is 0 Å². The average Bonchev–Trinajstić information content (AvgIpc) is 2.24. The van der Waals surface area contributed by atoms with E-state index >= 15 is 0 Å². The molecule has 96 valence electrons. The Kier molecular flexibility index (Phi) is 7.11. The third-order valence-electron chi connectivity index (χ3n) is 3.78. The number of ether oxygens (including phenoxy) is 1. The van der Waals surface area contributed by atoms with E-state index in [0.29, 0.717) is 5.41 Å². The lowest BCUT2D eigenvalue weighted by molar-refractivity contribution is 0.124. The molecule has 0 atom stereocenters. The highest BCUT2D eigenvalue weighted by Gasteiger charge is 2.16. The molecule has 0 aromatic carbocycles. The molecule has 0 amide bonds. The normalized spacial score (nSPS) is 25.9. The second-order valence-corrected chi connectivity index (χ2v) is 6.11. The molecule has 0 spiro atoms. The van der Waals surface area contributed by atoms with Crippen molar-refractivity contribution in [3.8, 4) is 0 Å². The predicted molar refractivity (Wildman–Crippen MR) is 70.8 cm³/mol. The molecule has 1 rings (SSSR count). The minimum absolute atomic E-state index is 0.584. The fraction of sp³-hybridized carbons (Fsp3) is 1.00. The highest BCUT2D eigenvalue weighted by atomic mass is 16.5. The van der Waals surface area contributed by atoms with Crippen LogP contribution in [0.2, 0.25) is 0 Å². The summed E-state index contributed by atoms with van der Waals surface area (Å²) in [6, 6.07) is 0. The van der Waals surface area contributed by atoms with E-state index in [0.717, 1.165) is 13.2 Å². The van der Waals surface area contributed by atoms with Gasteiger partial charge in [-0.15, -0.1) is 0 Å². The van der Waals surface area contributed by atoms with Gasteiger partial charge in [0, 0.05) is 13.2 Å². The molecule has 0 unspecified atom stereocenters. The zero-order valence-electron chi connectivity index (χ0n) is 11.4. The van der Waals surface area contributed by atoms with Crippen molar-refractivity contribution in [2.24, 2.45) is 5.41 Å². The lowest BCUT2D eigenvalue weighted by atomic mass is 9.82. The zero-order chi connectivity index (χ0) is 11.7. The summed E-state index contributed by atoms with van der Waals surface area (Å²) < 4.78 is 5.62. The van der Waals surface area contributed by atoms with E-state index in [1.165, 1.54) is 64.2 Å². The second kappa shape index (κ2) is 8.11. The molecule has 0 aromatic heterocycles. The number of hydrogen-bond donors (Lipinski definition) is 0. The molecule has 1 aliphatic rings. The standard InChI is InChI=1S/C15H30O/c1-15(2)11-7-3-5-9-13-16-14-10-6-4-8-12-15/h3-14H2,1-2H3. The first-order valence-electron chi connectivity index (χ1n) is 7.28. The van der Waals surface area contributed by atoms with Gasteiger partial charge in [0.2, 0.25) is 0 Å². The summed E-state index contributed by atoms with van der Waals surface area (Å²) >= 11 is 0. The lowest BCUT2D eigenvalue weighted by Gasteiger charge is -2.24. The Morgan fingerprint density at radius 3 is 1.56 bits per heavy atom. The van der Waals surface area contributed by atoms with Crippen molar-refractivity contribution < 1.29 is 4.74 Å². The van der Waals surface area contributed by atoms with Gasteiger partial charge in [-0.25, -0.2) is 0 Å². The van der Waals surface area contributed by atoms with Gasteiger partial charge in [0.1, 0.15) is 0 Å². The molecule has 1 heteroatoms. The van der Waals surface area contributed by atoms with Crippen LogP contribution in [0.4, 0.5) is 0 Å². The van der Waals surface area contributed by atoms with Crippen LogP contribution < -0.4 is 0 Å². The van der Waals surface area contributed by atoms with Crippen LogP contribution in [-0.2, 0) is 4.74 Å². The summed E-state index contributed by atoms with van der Waals surface area (Å²) in [7, 11) is 0. The summed E-state index contributed by atoms with van der Waals surface area (Å²) in [6.45, 7) is 6.87. The lowest BCUT2D eigenvalue weighted by Crippen LogP contribution is -2.11. The van der Waals surface area contributed by atoms with Gasteiger partial charge >= 0.3 is 0 Å². The molecule has 1 aliphatic heterocycles. The van der Waals surface area contributed by atoms with Crippen molar-refractivity contribution in [2.45, 2.75) is 78.1 Å². The van der Waals surface area contributed by atoms with Gasteiger partial charge in [0.15, 0.2) is 0 Å². The molecule has 1 saturated heterocycles. The third-order valence-corrected chi connectivity index (χ3v) is 3.78. The Morgan fingerprint density at radius 2 is 1.06 bits per heavy atom. The van der Waals surface area contributed by atoms with Crippen molar-refractivity contribution in [1.29, 1.82) is 0 Å². The van der Waals surface area contributed by atoms with Gasteiger partial charge in [-0.3, -0.25) is 0 Å². The molecule has 0 N–H and O–H groups in total. The van der Waals surface area contributed by atoms with Gasteiger partial charge in [-0.1, -0.05) is 52.4 Å². The molecule has 0 aliphatic carbocycles. The van der Waals surface area contributed by atoms with E-state index < -0.39 is 0 Å².